The maximum Gasteiger partial charge on any atom is 0.249 e. The van der Waals surface area contributed by atoms with Gasteiger partial charge in [-0.3, -0.25) is 9.78 Å². The lowest BCUT2D eigenvalue weighted by Crippen LogP contribution is -2.35. The Bertz CT molecular complexity index is 1180. The van der Waals surface area contributed by atoms with Crippen LogP contribution in [-0.2, 0) is 14.8 Å². The molecule has 0 fully saturated rings. The second kappa shape index (κ2) is 10.0. The first-order chi connectivity index (χ1) is 15.2. The van der Waals surface area contributed by atoms with Gasteiger partial charge in [-0.1, -0.05) is 36.7 Å². The summed E-state index contributed by atoms with van der Waals surface area (Å²) in [7, 11) is -3.70. The summed E-state index contributed by atoms with van der Waals surface area (Å²) in [5.74, 6) is 0.354. The molecule has 2 aromatic heterocycles. The van der Waals surface area contributed by atoms with Gasteiger partial charge in [0.25, 0.3) is 0 Å². The average Bonchev–Trinajstić information content (AvgIpc) is 3.22. The van der Waals surface area contributed by atoms with Crippen LogP contribution in [0.25, 0.3) is 11.4 Å². The zero-order valence-corrected chi connectivity index (χ0v) is 19.3. The minimum atomic E-state index is -3.70. The lowest BCUT2D eigenvalue weighted by Gasteiger charge is -2.18. The molecule has 10 heteroatoms. The fourth-order valence-corrected chi connectivity index (χ4v) is 4.47. The third-order valence-corrected chi connectivity index (χ3v) is 6.51. The van der Waals surface area contributed by atoms with E-state index in [9.17, 15) is 13.2 Å². The molecule has 2 N–H and O–H groups in total. The molecule has 3 rings (SSSR count). The summed E-state index contributed by atoms with van der Waals surface area (Å²) in [6.07, 6.45) is 3.23. The Morgan fingerprint density at radius 1 is 1.12 bits per heavy atom. The van der Waals surface area contributed by atoms with Gasteiger partial charge in [0, 0.05) is 30.9 Å². The number of sulfonamides is 1. The molecule has 0 aliphatic heterocycles. The second-order valence-corrected chi connectivity index (χ2v) is 9.63. The van der Waals surface area contributed by atoms with Crippen LogP contribution in [0.2, 0.25) is 0 Å². The largest absolute Gasteiger partial charge is 0.344 e. The minimum Gasteiger partial charge on any atom is -0.344 e. The first-order valence-corrected chi connectivity index (χ1v) is 11.8. The summed E-state index contributed by atoms with van der Waals surface area (Å²) in [4.78, 5) is 21.1. The Kier molecular flexibility index (Phi) is 7.37. The molecule has 3 aromatic rings. The van der Waals surface area contributed by atoms with Crippen LogP contribution in [0.1, 0.15) is 43.3 Å². The number of aryl methyl sites for hydroxylation is 2. The van der Waals surface area contributed by atoms with Gasteiger partial charge >= 0.3 is 0 Å². The van der Waals surface area contributed by atoms with E-state index in [1.165, 1.54) is 0 Å². The van der Waals surface area contributed by atoms with Gasteiger partial charge in [-0.05, 0) is 43.5 Å². The maximum atomic E-state index is 12.6. The Morgan fingerprint density at radius 3 is 2.50 bits per heavy atom. The van der Waals surface area contributed by atoms with E-state index in [1.807, 2.05) is 20.8 Å². The summed E-state index contributed by atoms with van der Waals surface area (Å²) in [6.45, 7) is 7.45. The van der Waals surface area contributed by atoms with E-state index < -0.39 is 16.1 Å². The fourth-order valence-electron chi connectivity index (χ4n) is 3.22. The zero-order chi connectivity index (χ0) is 23.3. The Morgan fingerprint density at radius 2 is 1.84 bits per heavy atom. The van der Waals surface area contributed by atoms with Crippen LogP contribution in [0.3, 0.4) is 0 Å². The predicted octanol–water partition coefficient (Wildman–Crippen LogP) is 2.93. The van der Waals surface area contributed by atoms with E-state index in [1.54, 1.807) is 49.6 Å². The monoisotopic (exact) mass is 457 g/mol. The van der Waals surface area contributed by atoms with Crippen molar-refractivity contribution in [3.8, 4) is 11.4 Å². The van der Waals surface area contributed by atoms with Gasteiger partial charge in [-0.2, -0.15) is 4.98 Å². The molecular weight excluding hydrogens is 430 g/mol. The van der Waals surface area contributed by atoms with E-state index in [4.69, 9.17) is 4.52 Å². The molecule has 1 aromatic carbocycles. The van der Waals surface area contributed by atoms with Gasteiger partial charge in [0.05, 0.1) is 4.90 Å². The number of hydrogen-bond donors (Lipinski definition) is 2. The van der Waals surface area contributed by atoms with E-state index in [0.717, 1.165) is 11.1 Å². The third-order valence-electron chi connectivity index (χ3n) is 4.89. The molecule has 0 spiro atoms. The second-order valence-electron chi connectivity index (χ2n) is 7.90. The highest BCUT2D eigenvalue weighted by Gasteiger charge is 2.25. The summed E-state index contributed by atoms with van der Waals surface area (Å²) in [6, 6.07) is 8.14. The Hall–Kier alpha value is -3.11. The van der Waals surface area contributed by atoms with Crippen molar-refractivity contribution < 1.29 is 17.7 Å². The smallest absolute Gasteiger partial charge is 0.249 e. The molecule has 32 heavy (non-hydrogen) atoms. The normalized spacial score (nSPS) is 12.7. The highest BCUT2D eigenvalue weighted by Crippen LogP contribution is 2.23. The molecule has 0 aliphatic rings. The SMILES string of the molecule is Cc1ccc(S(=O)(=O)NCCC(=O)NC(c2nc(-c3ccncc3)no2)C(C)C)c(C)c1. The van der Waals surface area contributed by atoms with Gasteiger partial charge in [0.2, 0.25) is 27.6 Å². The molecular formula is C22H27N5O4S. The quantitative estimate of drug-likeness (QED) is 0.506. The summed E-state index contributed by atoms with van der Waals surface area (Å²) >= 11 is 0. The number of benzene rings is 1. The number of pyridine rings is 1. The predicted molar refractivity (Wildman–Crippen MR) is 119 cm³/mol. The molecule has 1 unspecified atom stereocenters. The van der Waals surface area contributed by atoms with Gasteiger partial charge in [0.15, 0.2) is 0 Å². The van der Waals surface area contributed by atoms with Crippen molar-refractivity contribution in [1.29, 1.82) is 0 Å². The number of carbonyl (C=O) groups is 1. The van der Waals surface area contributed by atoms with Crippen molar-refractivity contribution >= 4 is 15.9 Å². The van der Waals surface area contributed by atoms with Gasteiger partial charge in [0.1, 0.15) is 6.04 Å². The Balaban J connectivity index is 1.61. The first kappa shape index (κ1) is 23.6. The van der Waals surface area contributed by atoms with Crippen LogP contribution < -0.4 is 10.0 Å². The van der Waals surface area contributed by atoms with Crippen molar-refractivity contribution in [1.82, 2.24) is 25.2 Å². The molecule has 170 valence electrons. The third kappa shape index (κ3) is 5.77. The number of nitrogens with zero attached hydrogens (tertiary/aromatic N) is 3. The zero-order valence-electron chi connectivity index (χ0n) is 18.5. The van der Waals surface area contributed by atoms with Crippen LogP contribution in [0.4, 0.5) is 0 Å². The van der Waals surface area contributed by atoms with Crippen LogP contribution in [0, 0.1) is 19.8 Å². The van der Waals surface area contributed by atoms with Crippen LogP contribution in [0.5, 0.6) is 0 Å². The summed E-state index contributed by atoms with van der Waals surface area (Å²) in [5.41, 5.74) is 2.39. The summed E-state index contributed by atoms with van der Waals surface area (Å²) < 4.78 is 33.0. The van der Waals surface area contributed by atoms with Crippen molar-refractivity contribution in [2.75, 3.05) is 6.54 Å². The minimum absolute atomic E-state index is 0.0170. The molecule has 1 amide bonds. The van der Waals surface area contributed by atoms with E-state index in [-0.39, 0.29) is 35.6 Å². The number of hydrogen-bond acceptors (Lipinski definition) is 7. The summed E-state index contributed by atoms with van der Waals surface area (Å²) in [5, 5.41) is 6.84. The lowest BCUT2D eigenvalue weighted by atomic mass is 10.0. The molecule has 0 bridgehead atoms. The van der Waals surface area contributed by atoms with Crippen molar-refractivity contribution in [2.45, 2.75) is 45.1 Å². The van der Waals surface area contributed by atoms with Gasteiger partial charge in [-0.15, -0.1) is 0 Å². The molecule has 0 radical (unpaired) electrons. The van der Waals surface area contributed by atoms with E-state index in [0.29, 0.717) is 11.4 Å². The standard InChI is InChI=1S/C22H27N5O4S/c1-14(2)20(22-26-21(27-31-22)17-7-10-23-11-8-17)25-19(28)9-12-24-32(29,30)18-6-5-15(3)13-16(18)4/h5-8,10-11,13-14,20,24H,9,12H2,1-4H3,(H,25,28). The molecule has 0 saturated heterocycles. The lowest BCUT2D eigenvalue weighted by molar-refractivity contribution is -0.122. The molecule has 1 atom stereocenters. The van der Waals surface area contributed by atoms with Gasteiger partial charge < -0.3 is 9.84 Å². The van der Waals surface area contributed by atoms with E-state index in [2.05, 4.69) is 25.2 Å². The molecule has 0 aliphatic carbocycles. The average molecular weight is 458 g/mol. The topological polar surface area (TPSA) is 127 Å². The van der Waals surface area contributed by atoms with Crippen LogP contribution >= 0.6 is 0 Å². The number of amides is 1. The van der Waals surface area contributed by atoms with Gasteiger partial charge in [-0.25, -0.2) is 13.1 Å². The maximum absolute atomic E-state index is 12.6. The highest BCUT2D eigenvalue weighted by molar-refractivity contribution is 7.89. The van der Waals surface area contributed by atoms with Crippen molar-refractivity contribution in [3.05, 3.63) is 59.7 Å². The number of rotatable bonds is 9. The molecule has 2 heterocycles. The molecule has 0 saturated carbocycles. The Labute approximate surface area is 187 Å². The van der Waals surface area contributed by atoms with E-state index >= 15 is 0 Å². The first-order valence-electron chi connectivity index (χ1n) is 10.3. The molecule has 9 nitrogen and oxygen atoms in total. The number of carbonyl (C=O) groups excluding carboxylic acids is 1. The van der Waals surface area contributed by atoms with Crippen molar-refractivity contribution in [2.24, 2.45) is 5.92 Å². The van der Waals surface area contributed by atoms with Crippen molar-refractivity contribution in [3.63, 3.8) is 0 Å². The fraction of sp³-hybridized carbons (Fsp3) is 0.364. The number of aromatic nitrogens is 3. The van der Waals surface area contributed by atoms with Crippen LogP contribution in [0.15, 0.2) is 52.1 Å². The van der Waals surface area contributed by atoms with Crippen LogP contribution in [-0.4, -0.2) is 36.0 Å². The number of nitrogens with one attached hydrogen (secondary N) is 2. The highest BCUT2D eigenvalue weighted by atomic mass is 32.2.